The maximum absolute atomic E-state index is 13.4. The van der Waals surface area contributed by atoms with Crippen LogP contribution in [0.3, 0.4) is 0 Å². The van der Waals surface area contributed by atoms with Gasteiger partial charge >= 0.3 is 0 Å². The van der Waals surface area contributed by atoms with Crippen molar-refractivity contribution < 1.29 is 8.78 Å². The van der Waals surface area contributed by atoms with Crippen LogP contribution in [0.15, 0.2) is 35.5 Å². The van der Waals surface area contributed by atoms with E-state index in [4.69, 9.17) is 0 Å². The van der Waals surface area contributed by atoms with Gasteiger partial charge in [-0.05, 0) is 19.3 Å². The van der Waals surface area contributed by atoms with Crippen LogP contribution in [0.2, 0.25) is 0 Å². The second-order valence-electron chi connectivity index (χ2n) is 3.20. The molecule has 1 fully saturated rings. The van der Waals surface area contributed by atoms with E-state index < -0.39 is 5.92 Å². The Hall–Kier alpha value is -0.920. The molecule has 2 aliphatic carbocycles. The average molecular weight is 168 g/mol. The van der Waals surface area contributed by atoms with Gasteiger partial charge in [0.15, 0.2) is 0 Å². The Kier molecular flexibility index (Phi) is 1.63. The maximum atomic E-state index is 13.4. The van der Waals surface area contributed by atoms with Gasteiger partial charge in [-0.2, -0.15) is 8.78 Å². The van der Waals surface area contributed by atoms with Crippen molar-refractivity contribution >= 4 is 0 Å². The van der Waals surface area contributed by atoms with Crippen molar-refractivity contribution in [3.63, 3.8) is 0 Å². The van der Waals surface area contributed by atoms with Gasteiger partial charge in [0, 0.05) is 11.1 Å². The molecule has 0 nitrogen and oxygen atoms in total. The first-order valence-electron chi connectivity index (χ1n) is 4.16. The fourth-order valence-electron chi connectivity index (χ4n) is 1.71. The molecule has 0 N–H and O–H groups in total. The lowest BCUT2D eigenvalue weighted by atomic mass is 9.87. The van der Waals surface area contributed by atoms with Gasteiger partial charge in [0.25, 0.3) is 5.92 Å². The Morgan fingerprint density at radius 1 is 1.00 bits per heavy atom. The van der Waals surface area contributed by atoms with E-state index in [0.717, 1.165) is 6.42 Å². The molecule has 64 valence electrons. The van der Waals surface area contributed by atoms with Gasteiger partial charge in [0.05, 0.1) is 0 Å². The lowest BCUT2D eigenvalue weighted by Crippen LogP contribution is -2.25. The minimum absolute atomic E-state index is 0.272. The number of allylic oxidation sites excluding steroid dienone is 6. The van der Waals surface area contributed by atoms with E-state index in [1.54, 1.807) is 24.3 Å². The monoisotopic (exact) mass is 168 g/mol. The summed E-state index contributed by atoms with van der Waals surface area (Å²) in [5.74, 6) is -2.66. The lowest BCUT2D eigenvalue weighted by molar-refractivity contribution is 0.0665. The minimum atomic E-state index is -2.66. The van der Waals surface area contributed by atoms with Crippen molar-refractivity contribution in [3.05, 3.63) is 35.5 Å². The molecule has 2 aliphatic rings. The maximum Gasteiger partial charge on any atom is 0.291 e. The molecule has 0 aromatic rings. The molecule has 2 heteroatoms. The molecule has 0 aromatic heterocycles. The third kappa shape index (κ3) is 1.02. The van der Waals surface area contributed by atoms with Crippen molar-refractivity contribution in [1.82, 2.24) is 0 Å². The van der Waals surface area contributed by atoms with Crippen LogP contribution in [-0.4, -0.2) is 5.92 Å². The van der Waals surface area contributed by atoms with Crippen LogP contribution in [0, 0.1) is 0 Å². The number of hydrogen-bond donors (Lipinski definition) is 0. The summed E-state index contributed by atoms with van der Waals surface area (Å²) >= 11 is 0. The van der Waals surface area contributed by atoms with Crippen molar-refractivity contribution in [2.24, 2.45) is 0 Å². The molecule has 0 aromatic carbocycles. The van der Waals surface area contributed by atoms with E-state index >= 15 is 0 Å². The quantitative estimate of drug-likeness (QED) is 0.521. The predicted molar refractivity (Wildman–Crippen MR) is 44.1 cm³/mol. The highest BCUT2D eigenvalue weighted by atomic mass is 19.3. The van der Waals surface area contributed by atoms with Crippen molar-refractivity contribution in [3.8, 4) is 0 Å². The Balaban J connectivity index is 2.49. The zero-order chi connectivity index (χ0) is 8.60. The summed E-state index contributed by atoms with van der Waals surface area (Å²) in [6.07, 6.45) is 8.41. The Morgan fingerprint density at radius 2 is 1.50 bits per heavy atom. The van der Waals surface area contributed by atoms with Gasteiger partial charge in [-0.15, -0.1) is 0 Å². The van der Waals surface area contributed by atoms with Crippen LogP contribution in [-0.2, 0) is 0 Å². The SMILES string of the molecule is FC1(F)C2=CC=CC=C1CCC2. The largest absolute Gasteiger partial charge is 0.291 e. The molecule has 0 unspecified atom stereocenters. The van der Waals surface area contributed by atoms with Gasteiger partial charge < -0.3 is 0 Å². The average Bonchev–Trinajstić information content (AvgIpc) is 2.16. The molecule has 0 amide bonds. The molecule has 12 heavy (non-hydrogen) atoms. The van der Waals surface area contributed by atoms with E-state index in [1.165, 1.54) is 0 Å². The van der Waals surface area contributed by atoms with Crippen molar-refractivity contribution in [2.75, 3.05) is 0 Å². The van der Waals surface area contributed by atoms with E-state index in [9.17, 15) is 8.78 Å². The number of alkyl halides is 2. The number of rotatable bonds is 0. The molecule has 0 spiro atoms. The van der Waals surface area contributed by atoms with Gasteiger partial charge in [-0.25, -0.2) is 0 Å². The van der Waals surface area contributed by atoms with Crippen LogP contribution < -0.4 is 0 Å². The Labute approximate surface area is 70.3 Å². The van der Waals surface area contributed by atoms with Gasteiger partial charge in [0.1, 0.15) is 0 Å². The molecule has 2 rings (SSSR count). The molecule has 0 heterocycles. The second-order valence-corrected chi connectivity index (χ2v) is 3.20. The van der Waals surface area contributed by atoms with Gasteiger partial charge in [-0.1, -0.05) is 24.3 Å². The molecule has 0 aliphatic heterocycles. The summed E-state index contributed by atoms with van der Waals surface area (Å²) in [6, 6.07) is 0. The second kappa shape index (κ2) is 2.54. The normalized spacial score (nSPS) is 25.8. The summed E-state index contributed by atoms with van der Waals surface area (Å²) in [6.45, 7) is 0. The first-order valence-corrected chi connectivity index (χ1v) is 4.16. The first kappa shape index (κ1) is 7.71. The summed E-state index contributed by atoms with van der Waals surface area (Å²) < 4.78 is 26.8. The van der Waals surface area contributed by atoms with Crippen LogP contribution in [0.5, 0.6) is 0 Å². The van der Waals surface area contributed by atoms with Crippen LogP contribution in [0.4, 0.5) is 8.78 Å². The van der Waals surface area contributed by atoms with Gasteiger partial charge in [0.2, 0.25) is 0 Å². The molecular formula is C10H10F2. The molecule has 2 bridgehead atoms. The van der Waals surface area contributed by atoms with Crippen LogP contribution in [0.25, 0.3) is 0 Å². The zero-order valence-electron chi connectivity index (χ0n) is 6.69. The third-order valence-corrected chi connectivity index (χ3v) is 2.40. The molecule has 0 radical (unpaired) electrons. The van der Waals surface area contributed by atoms with Crippen LogP contribution >= 0.6 is 0 Å². The number of hydrogen-bond acceptors (Lipinski definition) is 0. The third-order valence-electron chi connectivity index (χ3n) is 2.40. The highest BCUT2D eigenvalue weighted by Gasteiger charge is 2.40. The summed E-state index contributed by atoms with van der Waals surface area (Å²) in [5.41, 5.74) is 0.544. The highest BCUT2D eigenvalue weighted by Crippen LogP contribution is 2.42. The predicted octanol–water partition coefficient (Wildman–Crippen LogP) is 3.23. The van der Waals surface area contributed by atoms with E-state index in [2.05, 4.69) is 0 Å². The molecule has 0 atom stereocenters. The van der Waals surface area contributed by atoms with Crippen LogP contribution in [0.1, 0.15) is 19.3 Å². The Bertz CT molecular complexity index is 256. The van der Waals surface area contributed by atoms with Crippen molar-refractivity contribution in [2.45, 2.75) is 25.2 Å². The first-order chi connectivity index (χ1) is 5.71. The van der Waals surface area contributed by atoms with E-state index in [-0.39, 0.29) is 11.1 Å². The molecule has 1 saturated carbocycles. The Morgan fingerprint density at radius 3 is 2.00 bits per heavy atom. The summed E-state index contributed by atoms with van der Waals surface area (Å²) in [4.78, 5) is 0. The van der Waals surface area contributed by atoms with Gasteiger partial charge in [-0.3, -0.25) is 0 Å². The van der Waals surface area contributed by atoms with E-state index in [1.807, 2.05) is 0 Å². The summed E-state index contributed by atoms with van der Waals surface area (Å²) in [7, 11) is 0. The lowest BCUT2D eigenvalue weighted by Gasteiger charge is -2.27. The number of halogens is 2. The minimum Gasteiger partial charge on any atom is -0.197 e. The zero-order valence-corrected chi connectivity index (χ0v) is 6.69. The highest BCUT2D eigenvalue weighted by molar-refractivity contribution is 5.39. The fraction of sp³-hybridized carbons (Fsp3) is 0.400. The molecule has 0 saturated heterocycles. The van der Waals surface area contributed by atoms with E-state index in [0.29, 0.717) is 12.8 Å². The summed E-state index contributed by atoms with van der Waals surface area (Å²) in [5, 5.41) is 0. The smallest absolute Gasteiger partial charge is 0.197 e. The topological polar surface area (TPSA) is 0 Å². The number of fused-ring (bicyclic) bond motifs is 2. The molecular weight excluding hydrogens is 158 g/mol. The fourth-order valence-corrected chi connectivity index (χ4v) is 1.71. The standard InChI is InChI=1S/C10H10F2/c11-10(12)8-4-1-2-5-9(10)7-3-6-8/h1-2,4-5H,3,6-7H2. The van der Waals surface area contributed by atoms with Crippen molar-refractivity contribution in [1.29, 1.82) is 0 Å².